The molecule has 0 saturated carbocycles. The largest absolute Gasteiger partial charge is 0.481 e. The fourth-order valence-corrected chi connectivity index (χ4v) is 2.23. The van der Waals surface area contributed by atoms with Crippen molar-refractivity contribution in [2.24, 2.45) is 5.92 Å². The van der Waals surface area contributed by atoms with Crippen LogP contribution in [0, 0.1) is 5.92 Å². The highest BCUT2D eigenvalue weighted by molar-refractivity contribution is 5.70. The molecule has 0 saturated heterocycles. The number of hydrogen-bond donors (Lipinski definition) is 2. The zero-order valence-corrected chi connectivity index (χ0v) is 13.5. The minimum Gasteiger partial charge on any atom is -0.481 e. The van der Waals surface area contributed by atoms with Crippen molar-refractivity contribution in [3.63, 3.8) is 0 Å². The van der Waals surface area contributed by atoms with Gasteiger partial charge in [-0.2, -0.15) is 0 Å². The smallest absolute Gasteiger partial charge is 0.308 e. The number of hydrogen-bond acceptors (Lipinski definition) is 3. The second-order valence-corrected chi connectivity index (χ2v) is 5.93. The van der Waals surface area contributed by atoms with E-state index >= 15 is 0 Å². The van der Waals surface area contributed by atoms with E-state index in [4.69, 9.17) is 10.2 Å². The molecule has 0 amide bonds. The van der Waals surface area contributed by atoms with Crippen molar-refractivity contribution >= 4 is 17.6 Å². The summed E-state index contributed by atoms with van der Waals surface area (Å²) in [5.41, 5.74) is 2.16. The van der Waals surface area contributed by atoms with Crippen molar-refractivity contribution in [3.05, 3.63) is 29.8 Å². The van der Waals surface area contributed by atoms with Crippen molar-refractivity contribution in [2.45, 2.75) is 39.5 Å². The number of carboxylic acid groups (broad SMARTS) is 2. The molecule has 0 fully saturated rings. The van der Waals surface area contributed by atoms with Crippen LogP contribution < -0.4 is 4.90 Å². The summed E-state index contributed by atoms with van der Waals surface area (Å²) < 4.78 is 0. The Kier molecular flexibility index (Phi) is 6.89. The summed E-state index contributed by atoms with van der Waals surface area (Å²) >= 11 is 0. The molecule has 0 aliphatic heterocycles. The molecule has 1 aromatic rings. The van der Waals surface area contributed by atoms with Crippen LogP contribution in [0.2, 0.25) is 0 Å². The first-order valence-corrected chi connectivity index (χ1v) is 7.60. The molecule has 1 rings (SSSR count). The van der Waals surface area contributed by atoms with Crippen molar-refractivity contribution in [3.8, 4) is 0 Å². The number of rotatable bonds is 9. The van der Waals surface area contributed by atoms with E-state index < -0.39 is 17.9 Å². The van der Waals surface area contributed by atoms with Crippen LogP contribution >= 0.6 is 0 Å². The second-order valence-electron chi connectivity index (χ2n) is 5.93. The molecule has 5 heteroatoms. The summed E-state index contributed by atoms with van der Waals surface area (Å²) in [6.07, 6.45) is 0.579. The van der Waals surface area contributed by atoms with E-state index in [-0.39, 0.29) is 6.42 Å². The van der Waals surface area contributed by atoms with Crippen LogP contribution in [-0.2, 0) is 9.59 Å². The molecule has 0 aliphatic rings. The highest BCUT2D eigenvalue weighted by Gasteiger charge is 2.17. The third kappa shape index (κ3) is 5.76. The monoisotopic (exact) mass is 307 g/mol. The third-order valence-corrected chi connectivity index (χ3v) is 3.66. The number of aliphatic carboxylic acids is 2. The number of benzene rings is 1. The van der Waals surface area contributed by atoms with Crippen molar-refractivity contribution in [1.29, 1.82) is 0 Å². The summed E-state index contributed by atoms with van der Waals surface area (Å²) in [6, 6.07) is 8.03. The number of anilines is 1. The van der Waals surface area contributed by atoms with Gasteiger partial charge in [0.2, 0.25) is 0 Å². The van der Waals surface area contributed by atoms with Crippen LogP contribution in [0.5, 0.6) is 0 Å². The quantitative estimate of drug-likeness (QED) is 0.732. The first-order chi connectivity index (χ1) is 10.3. The Balaban J connectivity index is 2.82. The molecule has 0 aliphatic carbocycles. The van der Waals surface area contributed by atoms with E-state index in [0.29, 0.717) is 25.4 Å². The first-order valence-electron chi connectivity index (χ1n) is 7.60. The molecule has 1 aromatic carbocycles. The second kappa shape index (κ2) is 8.41. The summed E-state index contributed by atoms with van der Waals surface area (Å²) in [5, 5.41) is 17.8. The molecule has 1 atom stereocenters. The lowest BCUT2D eigenvalue weighted by Gasteiger charge is -2.27. The standard InChI is InChI=1S/C17H25NO4/c1-12(2)14-6-8-15(9-7-14)18(10-4-5-16(19)20)11-13(3)17(21)22/h6-9,12-13H,4-5,10-11H2,1-3H3,(H,19,20)(H,21,22). The molecule has 2 N–H and O–H groups in total. The Labute approximate surface area is 131 Å². The van der Waals surface area contributed by atoms with E-state index in [0.717, 1.165) is 5.69 Å². The van der Waals surface area contributed by atoms with Gasteiger partial charge in [-0.05, 0) is 30.0 Å². The van der Waals surface area contributed by atoms with Gasteiger partial charge in [-0.3, -0.25) is 9.59 Å². The Morgan fingerprint density at radius 3 is 2.14 bits per heavy atom. The van der Waals surface area contributed by atoms with Crippen molar-refractivity contribution in [2.75, 3.05) is 18.0 Å². The zero-order chi connectivity index (χ0) is 16.7. The van der Waals surface area contributed by atoms with Crippen LogP contribution in [0.1, 0.15) is 45.1 Å². The van der Waals surface area contributed by atoms with Crippen molar-refractivity contribution < 1.29 is 19.8 Å². The summed E-state index contributed by atoms with van der Waals surface area (Å²) in [7, 11) is 0. The highest BCUT2D eigenvalue weighted by Crippen LogP contribution is 2.21. The predicted molar refractivity (Wildman–Crippen MR) is 86.4 cm³/mol. The molecule has 5 nitrogen and oxygen atoms in total. The van der Waals surface area contributed by atoms with Crippen molar-refractivity contribution in [1.82, 2.24) is 0 Å². The molecule has 0 radical (unpaired) electrons. The maximum absolute atomic E-state index is 11.1. The fraction of sp³-hybridized carbons (Fsp3) is 0.529. The third-order valence-electron chi connectivity index (χ3n) is 3.66. The molecule has 122 valence electrons. The average molecular weight is 307 g/mol. The van der Waals surface area contributed by atoms with Gasteiger partial charge in [0.25, 0.3) is 0 Å². The molecule has 0 bridgehead atoms. The molecule has 0 aromatic heterocycles. The van der Waals surface area contributed by atoms with Crippen LogP contribution in [0.4, 0.5) is 5.69 Å². The maximum atomic E-state index is 11.1. The Bertz CT molecular complexity index is 496. The van der Waals surface area contributed by atoms with Gasteiger partial charge >= 0.3 is 11.9 Å². The van der Waals surface area contributed by atoms with Crippen LogP contribution in [-0.4, -0.2) is 35.2 Å². The maximum Gasteiger partial charge on any atom is 0.308 e. The Morgan fingerprint density at radius 2 is 1.68 bits per heavy atom. The van der Waals surface area contributed by atoms with E-state index in [2.05, 4.69) is 13.8 Å². The average Bonchev–Trinajstić information content (AvgIpc) is 2.45. The topological polar surface area (TPSA) is 77.8 Å². The normalized spacial score (nSPS) is 12.2. The molecule has 1 unspecified atom stereocenters. The van der Waals surface area contributed by atoms with E-state index in [1.165, 1.54) is 5.56 Å². The molecule has 0 spiro atoms. The molecule has 22 heavy (non-hydrogen) atoms. The minimum atomic E-state index is -0.845. The van der Waals surface area contributed by atoms with Gasteiger partial charge in [0.05, 0.1) is 5.92 Å². The van der Waals surface area contributed by atoms with Crippen LogP contribution in [0.25, 0.3) is 0 Å². The van der Waals surface area contributed by atoms with Gasteiger partial charge in [0.1, 0.15) is 0 Å². The molecular weight excluding hydrogens is 282 g/mol. The minimum absolute atomic E-state index is 0.0853. The van der Waals surface area contributed by atoms with Crippen LogP contribution in [0.15, 0.2) is 24.3 Å². The van der Waals surface area contributed by atoms with Gasteiger partial charge in [-0.15, -0.1) is 0 Å². The number of carboxylic acids is 2. The summed E-state index contributed by atoms with van der Waals surface area (Å²) in [6.45, 7) is 6.80. The van der Waals surface area contributed by atoms with Gasteiger partial charge < -0.3 is 15.1 Å². The first kappa shape index (κ1) is 18.0. The number of nitrogens with zero attached hydrogens (tertiary/aromatic N) is 1. The van der Waals surface area contributed by atoms with E-state index in [1.54, 1.807) is 6.92 Å². The molecule has 0 heterocycles. The lowest BCUT2D eigenvalue weighted by Crippen LogP contribution is -2.33. The summed E-state index contributed by atoms with van der Waals surface area (Å²) in [5.74, 6) is -1.74. The number of carbonyl (C=O) groups is 2. The zero-order valence-electron chi connectivity index (χ0n) is 13.5. The molecular formula is C17H25NO4. The SMILES string of the molecule is CC(CN(CCCC(=O)O)c1ccc(C(C)C)cc1)C(=O)O. The predicted octanol–water partition coefficient (Wildman–Crippen LogP) is 3.20. The van der Waals surface area contributed by atoms with Gasteiger partial charge in [0.15, 0.2) is 0 Å². The van der Waals surface area contributed by atoms with Gasteiger partial charge in [0, 0.05) is 25.2 Å². The lowest BCUT2D eigenvalue weighted by molar-refractivity contribution is -0.141. The Hall–Kier alpha value is -2.04. The van der Waals surface area contributed by atoms with E-state index in [9.17, 15) is 9.59 Å². The highest BCUT2D eigenvalue weighted by atomic mass is 16.4. The van der Waals surface area contributed by atoms with Gasteiger partial charge in [-0.1, -0.05) is 32.9 Å². The fourth-order valence-electron chi connectivity index (χ4n) is 2.23. The lowest BCUT2D eigenvalue weighted by atomic mass is 10.0. The summed E-state index contributed by atoms with van der Waals surface area (Å²) in [4.78, 5) is 23.7. The van der Waals surface area contributed by atoms with Gasteiger partial charge in [-0.25, -0.2) is 0 Å². The Morgan fingerprint density at radius 1 is 1.09 bits per heavy atom. The van der Waals surface area contributed by atoms with E-state index in [1.807, 2.05) is 29.2 Å². The van der Waals surface area contributed by atoms with Crippen LogP contribution in [0.3, 0.4) is 0 Å².